The average Bonchev–Trinajstić information content (AvgIpc) is 2.44. The van der Waals surface area contributed by atoms with Crippen molar-refractivity contribution in [2.45, 2.75) is 39.7 Å². The van der Waals surface area contributed by atoms with Crippen molar-refractivity contribution in [3.8, 4) is 0 Å². The Morgan fingerprint density at radius 2 is 1.77 bits per heavy atom. The van der Waals surface area contributed by atoms with E-state index in [-0.39, 0.29) is 6.03 Å². The Hall–Kier alpha value is -2.24. The summed E-state index contributed by atoms with van der Waals surface area (Å²) in [5, 5.41) is 1.26. The average molecular weight is 307 g/mol. The summed E-state index contributed by atoms with van der Waals surface area (Å²) in [6, 6.07) is 8.92. The molecule has 22 heavy (non-hydrogen) atoms. The lowest BCUT2D eigenvalue weighted by Gasteiger charge is -2.29. The predicted molar refractivity (Wildman–Crippen MR) is 86.6 cm³/mol. The molecule has 1 aromatic carbocycles. The molecule has 1 aromatic rings. The van der Waals surface area contributed by atoms with Gasteiger partial charge in [-0.25, -0.2) is 20.0 Å². The molecular weight excluding hydrogens is 282 g/mol. The summed E-state index contributed by atoms with van der Waals surface area (Å²) in [5.74, 6) is 0. The van der Waals surface area contributed by atoms with Crippen molar-refractivity contribution in [2.24, 2.45) is 0 Å². The van der Waals surface area contributed by atoms with Crippen molar-refractivity contribution in [2.75, 3.05) is 18.5 Å². The van der Waals surface area contributed by atoms with Gasteiger partial charge in [-0.05, 0) is 39.3 Å². The van der Waals surface area contributed by atoms with E-state index in [1.807, 2.05) is 37.3 Å². The van der Waals surface area contributed by atoms with Crippen molar-refractivity contribution >= 4 is 17.8 Å². The molecule has 0 aromatic heterocycles. The molecule has 0 saturated carbocycles. The Labute approximate surface area is 132 Å². The first-order valence-electron chi connectivity index (χ1n) is 7.34. The van der Waals surface area contributed by atoms with Crippen LogP contribution in [0.15, 0.2) is 30.3 Å². The van der Waals surface area contributed by atoms with Crippen molar-refractivity contribution in [1.29, 1.82) is 0 Å². The number of nitrogens with one attached hydrogen (secondary N) is 1. The SMILES string of the molecule is CCCN(NC(=O)OC(C)(C)C)C(=O)N(C)c1ccccc1. The van der Waals surface area contributed by atoms with Gasteiger partial charge < -0.3 is 4.74 Å². The highest BCUT2D eigenvalue weighted by atomic mass is 16.6. The maximum Gasteiger partial charge on any atom is 0.426 e. The maximum absolute atomic E-state index is 12.5. The minimum atomic E-state index is -0.643. The molecule has 0 saturated heterocycles. The molecule has 0 aliphatic carbocycles. The van der Waals surface area contributed by atoms with Crippen molar-refractivity contribution in [1.82, 2.24) is 10.4 Å². The number of carbonyl (C=O) groups is 2. The number of carbonyl (C=O) groups excluding carboxylic acids is 2. The maximum atomic E-state index is 12.5. The molecule has 1 N–H and O–H groups in total. The highest BCUT2D eigenvalue weighted by Gasteiger charge is 2.23. The predicted octanol–water partition coefficient (Wildman–Crippen LogP) is 3.39. The number of amides is 3. The number of benzene rings is 1. The van der Waals surface area contributed by atoms with E-state index >= 15 is 0 Å². The van der Waals surface area contributed by atoms with Crippen LogP contribution in [0.5, 0.6) is 0 Å². The summed E-state index contributed by atoms with van der Waals surface area (Å²) < 4.78 is 5.19. The molecule has 6 heteroatoms. The highest BCUT2D eigenvalue weighted by molar-refractivity contribution is 5.92. The van der Waals surface area contributed by atoms with Gasteiger partial charge in [-0.3, -0.25) is 4.90 Å². The fraction of sp³-hybridized carbons (Fsp3) is 0.500. The van der Waals surface area contributed by atoms with E-state index in [0.717, 1.165) is 5.69 Å². The lowest BCUT2D eigenvalue weighted by Crippen LogP contribution is -2.52. The van der Waals surface area contributed by atoms with Gasteiger partial charge in [0, 0.05) is 19.3 Å². The molecular formula is C16H25N3O3. The van der Waals surface area contributed by atoms with Crippen LogP contribution in [0.1, 0.15) is 34.1 Å². The van der Waals surface area contributed by atoms with Crippen molar-refractivity contribution < 1.29 is 14.3 Å². The number of hydrogen-bond acceptors (Lipinski definition) is 3. The van der Waals surface area contributed by atoms with Gasteiger partial charge in [0.1, 0.15) is 5.60 Å². The van der Waals surface area contributed by atoms with Gasteiger partial charge in [0.2, 0.25) is 0 Å². The summed E-state index contributed by atoms with van der Waals surface area (Å²) in [5.41, 5.74) is 2.64. The third-order valence-electron chi connectivity index (χ3n) is 2.73. The summed E-state index contributed by atoms with van der Waals surface area (Å²) in [6.07, 6.45) is 0.0697. The molecule has 0 fully saturated rings. The van der Waals surface area contributed by atoms with Crippen LogP contribution in [0.4, 0.5) is 15.3 Å². The van der Waals surface area contributed by atoms with Crippen molar-refractivity contribution in [3.05, 3.63) is 30.3 Å². The van der Waals surface area contributed by atoms with Crippen LogP contribution in [0.3, 0.4) is 0 Å². The summed E-state index contributed by atoms with van der Waals surface area (Å²) in [7, 11) is 1.66. The van der Waals surface area contributed by atoms with Gasteiger partial charge in [0.05, 0.1) is 0 Å². The standard InChI is InChI=1S/C16H25N3O3/c1-6-12-19(17-14(20)22-16(2,3)4)15(21)18(5)13-10-8-7-9-11-13/h7-11H,6,12H2,1-5H3,(H,17,20). The summed E-state index contributed by atoms with van der Waals surface area (Å²) in [4.78, 5) is 25.9. The van der Waals surface area contributed by atoms with E-state index in [2.05, 4.69) is 5.43 Å². The lowest BCUT2D eigenvalue weighted by atomic mass is 10.2. The van der Waals surface area contributed by atoms with Crippen LogP contribution in [-0.4, -0.2) is 36.3 Å². The lowest BCUT2D eigenvalue weighted by molar-refractivity contribution is 0.0383. The molecule has 122 valence electrons. The number of urea groups is 1. The third-order valence-corrected chi connectivity index (χ3v) is 2.73. The van der Waals surface area contributed by atoms with Gasteiger partial charge in [0.25, 0.3) is 0 Å². The Kier molecular flexibility index (Phi) is 6.22. The smallest absolute Gasteiger partial charge is 0.426 e. The number of rotatable bonds is 3. The molecule has 1 rings (SSSR count). The van der Waals surface area contributed by atoms with Crippen LogP contribution < -0.4 is 10.3 Å². The Morgan fingerprint density at radius 3 is 2.27 bits per heavy atom. The number of ether oxygens (including phenoxy) is 1. The minimum Gasteiger partial charge on any atom is -0.443 e. The molecule has 6 nitrogen and oxygen atoms in total. The molecule has 0 aliphatic heterocycles. The van der Waals surface area contributed by atoms with E-state index in [1.54, 1.807) is 27.8 Å². The second-order valence-corrected chi connectivity index (χ2v) is 5.94. The molecule has 3 amide bonds. The van der Waals surface area contributed by atoms with Crippen LogP contribution in [0.2, 0.25) is 0 Å². The number of hydrazine groups is 1. The first kappa shape index (κ1) is 17.8. The molecule has 0 spiro atoms. The van der Waals surface area contributed by atoms with Gasteiger partial charge >= 0.3 is 12.1 Å². The van der Waals surface area contributed by atoms with Gasteiger partial charge in [0.15, 0.2) is 0 Å². The second kappa shape index (κ2) is 7.68. The normalized spacial score (nSPS) is 10.8. The van der Waals surface area contributed by atoms with E-state index in [0.29, 0.717) is 13.0 Å². The Balaban J connectivity index is 2.77. The molecule has 0 radical (unpaired) electrons. The van der Waals surface area contributed by atoms with Gasteiger partial charge in [-0.1, -0.05) is 25.1 Å². The number of nitrogens with zero attached hydrogens (tertiary/aromatic N) is 2. The van der Waals surface area contributed by atoms with Crippen LogP contribution in [0.25, 0.3) is 0 Å². The van der Waals surface area contributed by atoms with Gasteiger partial charge in [-0.2, -0.15) is 0 Å². The fourth-order valence-electron chi connectivity index (χ4n) is 1.78. The van der Waals surface area contributed by atoms with E-state index in [1.165, 1.54) is 9.91 Å². The molecule has 0 aliphatic rings. The van der Waals surface area contributed by atoms with Crippen LogP contribution >= 0.6 is 0 Å². The molecule has 0 atom stereocenters. The highest BCUT2D eigenvalue weighted by Crippen LogP contribution is 2.13. The zero-order valence-electron chi connectivity index (χ0n) is 13.9. The number of anilines is 1. The monoisotopic (exact) mass is 307 g/mol. The second-order valence-electron chi connectivity index (χ2n) is 5.94. The third kappa shape index (κ3) is 5.63. The Morgan fingerprint density at radius 1 is 1.18 bits per heavy atom. The fourth-order valence-corrected chi connectivity index (χ4v) is 1.78. The zero-order chi connectivity index (χ0) is 16.8. The summed E-state index contributed by atoms with van der Waals surface area (Å²) in [6.45, 7) is 7.65. The van der Waals surface area contributed by atoms with Gasteiger partial charge in [-0.15, -0.1) is 0 Å². The van der Waals surface area contributed by atoms with Crippen molar-refractivity contribution in [3.63, 3.8) is 0 Å². The van der Waals surface area contributed by atoms with Crippen LogP contribution in [0, 0.1) is 0 Å². The van der Waals surface area contributed by atoms with E-state index in [4.69, 9.17) is 4.74 Å². The molecule has 0 heterocycles. The van der Waals surface area contributed by atoms with E-state index < -0.39 is 11.7 Å². The first-order chi connectivity index (χ1) is 10.2. The number of hydrogen-bond donors (Lipinski definition) is 1. The minimum absolute atomic E-state index is 0.320. The largest absolute Gasteiger partial charge is 0.443 e. The number of para-hydroxylation sites is 1. The first-order valence-corrected chi connectivity index (χ1v) is 7.34. The molecule has 0 unspecified atom stereocenters. The zero-order valence-corrected chi connectivity index (χ0v) is 13.9. The molecule has 0 bridgehead atoms. The Bertz CT molecular complexity index is 497. The topological polar surface area (TPSA) is 61.9 Å². The summed E-state index contributed by atoms with van der Waals surface area (Å²) >= 11 is 0. The van der Waals surface area contributed by atoms with E-state index in [9.17, 15) is 9.59 Å². The van der Waals surface area contributed by atoms with Crippen LogP contribution in [-0.2, 0) is 4.74 Å². The quantitative estimate of drug-likeness (QED) is 0.871.